The summed E-state index contributed by atoms with van der Waals surface area (Å²) in [7, 11) is 3.24. The predicted octanol–water partition coefficient (Wildman–Crippen LogP) is 2.54. The minimum Gasteiger partial charge on any atom is 0 e. The van der Waals surface area contributed by atoms with Gasteiger partial charge in [-0.15, -0.1) is 23.5 Å². The summed E-state index contributed by atoms with van der Waals surface area (Å²) >= 11 is 2.63. The van der Waals surface area contributed by atoms with Crippen molar-refractivity contribution in [1.82, 2.24) is 0 Å². The third kappa shape index (κ3) is 17.2. The molecule has 0 fully saturated rings. The van der Waals surface area contributed by atoms with Crippen LogP contribution in [-0.2, 0) is 43.5 Å². The van der Waals surface area contributed by atoms with E-state index < -0.39 is 23.0 Å². The molecule has 4 rings (SSSR count). The second-order valence-corrected chi connectivity index (χ2v) is 14.0. The molecule has 0 bridgehead atoms. The summed E-state index contributed by atoms with van der Waals surface area (Å²) in [5.41, 5.74) is -1.32. The van der Waals surface area contributed by atoms with E-state index in [1.807, 2.05) is 0 Å². The molecule has 0 amide bonds. The number of rotatable bonds is 24. The number of thioether (sulfide) groups is 2. The third-order valence-electron chi connectivity index (χ3n) is 7.60. The fourth-order valence-corrected chi connectivity index (χ4v) is 6.82. The van der Waals surface area contributed by atoms with E-state index in [2.05, 4.69) is 9.98 Å². The Morgan fingerprint density at radius 2 is 0.929 bits per heavy atom. The smallest absolute Gasteiger partial charge is 0 e. The van der Waals surface area contributed by atoms with Crippen LogP contribution in [-0.4, -0.2) is 196 Å². The summed E-state index contributed by atoms with van der Waals surface area (Å²) in [6.07, 6.45) is 0. The van der Waals surface area contributed by atoms with Crippen molar-refractivity contribution in [2.75, 3.05) is 105 Å². The quantitative estimate of drug-likeness (QED) is 0.0876. The first-order valence-electron chi connectivity index (χ1n) is 17.1. The fourth-order valence-electron chi connectivity index (χ4n) is 4.42. The Morgan fingerprint density at radius 3 is 1.21 bits per heavy atom. The number of phenols is 2. The van der Waals surface area contributed by atoms with E-state index >= 15 is 0 Å². The minimum absolute atomic E-state index is 0. The second kappa shape index (κ2) is 27.3. The van der Waals surface area contributed by atoms with Crippen LogP contribution in [0.1, 0.15) is 25.0 Å². The van der Waals surface area contributed by atoms with Gasteiger partial charge in [0.15, 0.2) is 11.1 Å². The Morgan fingerprint density at radius 1 is 0.607 bits per heavy atom. The standard InChI is InChI=1S/2C18H25NO7S.Ca.O.2H/c2*1-18(17(21)22)12-27-16(19-18)14-4-3-13(11-15(14)20)26-10-9-25-8-7-24-6-5-23-2;;;;/h2*3-4,11,20H,5-10,12H2,1-2H3,(H,21,22);;;;/t18-;;;;;/m1...../s1. The van der Waals surface area contributed by atoms with Crippen LogP contribution in [0.15, 0.2) is 46.4 Å². The molecule has 0 saturated carbocycles. The van der Waals surface area contributed by atoms with Gasteiger partial charge in [-0.3, -0.25) is 9.98 Å². The molecule has 2 aromatic carbocycles. The number of aliphatic imine (C=N–C) groups is 2. The molecule has 2 aromatic rings. The number of hydrogen-bond donors (Lipinski definition) is 4. The van der Waals surface area contributed by atoms with Crippen LogP contribution in [0.2, 0.25) is 0 Å². The van der Waals surface area contributed by atoms with Crippen LogP contribution in [0.3, 0.4) is 0 Å². The number of benzene rings is 2. The molecular weight excluding hydrogens is 805 g/mol. The Balaban J connectivity index is 0.000000541. The predicted molar refractivity (Wildman–Crippen MR) is 214 cm³/mol. The fraction of sp³-hybridized carbons (Fsp3) is 0.556. The van der Waals surface area contributed by atoms with E-state index in [0.29, 0.717) is 124 Å². The van der Waals surface area contributed by atoms with E-state index in [4.69, 9.17) is 37.9 Å². The molecular formula is C36H52CaN2O15S2. The number of carboxylic acid groups (broad SMARTS) is 2. The molecule has 2 atom stereocenters. The van der Waals surface area contributed by atoms with Gasteiger partial charge in [-0.25, -0.2) is 9.59 Å². The first-order chi connectivity index (χ1) is 25.9. The maximum Gasteiger partial charge on any atom is 0 e. The molecule has 0 spiro atoms. The van der Waals surface area contributed by atoms with Crippen LogP contribution in [0.5, 0.6) is 23.0 Å². The number of aromatic hydroxyl groups is 2. The van der Waals surface area contributed by atoms with Crippen LogP contribution < -0.4 is 9.47 Å². The Bertz CT molecular complexity index is 1460. The topological polar surface area (TPSA) is 242 Å². The summed E-state index contributed by atoms with van der Waals surface area (Å²) < 4.78 is 42.1. The van der Waals surface area contributed by atoms with Crippen molar-refractivity contribution in [3.63, 3.8) is 0 Å². The zero-order valence-corrected chi connectivity index (χ0v) is 33.0. The SMILES string of the molecule is COCCOCCOCCOc1ccc(C2=NC(C)(C(=O)O)CS2)c(O)c1.COCCOCCOCCOc1ccc(C2=N[C@@](C)(C(=O)O)CS2)c(O)c1.[CaH2].[O]. The summed E-state index contributed by atoms with van der Waals surface area (Å²) in [5.74, 6) is -0.283. The van der Waals surface area contributed by atoms with Crippen molar-refractivity contribution in [2.24, 2.45) is 9.98 Å². The molecule has 20 heteroatoms. The minimum atomic E-state index is -1.16. The van der Waals surface area contributed by atoms with Crippen molar-refractivity contribution in [2.45, 2.75) is 24.9 Å². The first-order valence-corrected chi connectivity index (χ1v) is 19.0. The van der Waals surface area contributed by atoms with Gasteiger partial charge >= 0.3 is 49.7 Å². The van der Waals surface area contributed by atoms with Crippen molar-refractivity contribution in [3.05, 3.63) is 47.5 Å². The van der Waals surface area contributed by atoms with Gasteiger partial charge in [0.05, 0.1) is 66.1 Å². The van der Waals surface area contributed by atoms with Gasteiger partial charge in [0.2, 0.25) is 0 Å². The average Bonchev–Trinajstić information content (AvgIpc) is 3.75. The summed E-state index contributed by atoms with van der Waals surface area (Å²) in [5, 5.41) is 39.9. The summed E-state index contributed by atoms with van der Waals surface area (Å²) in [6.45, 7) is 8.72. The molecule has 0 aromatic heterocycles. The number of carbonyl (C=O) groups is 2. The van der Waals surface area contributed by atoms with Crippen molar-refractivity contribution >= 4 is 83.3 Å². The van der Waals surface area contributed by atoms with Gasteiger partial charge in [-0.1, -0.05) is 0 Å². The average molecular weight is 857 g/mol. The molecule has 4 N–H and O–H groups in total. The Kier molecular flexibility index (Phi) is 25.2. The maximum atomic E-state index is 11.3. The maximum absolute atomic E-state index is 11.3. The molecule has 17 nitrogen and oxygen atoms in total. The van der Waals surface area contributed by atoms with Gasteiger partial charge in [0.1, 0.15) is 46.3 Å². The number of methoxy groups -OCH3 is 2. The number of ether oxygens (including phenoxy) is 8. The zero-order valence-electron chi connectivity index (χ0n) is 31.4. The van der Waals surface area contributed by atoms with Gasteiger partial charge in [0.25, 0.3) is 0 Å². The molecule has 2 aliphatic heterocycles. The van der Waals surface area contributed by atoms with Crippen LogP contribution in [0.4, 0.5) is 0 Å². The number of aliphatic carboxylic acids is 2. The van der Waals surface area contributed by atoms with Gasteiger partial charge in [0, 0.05) is 54.5 Å². The molecule has 0 aliphatic carbocycles. The number of nitrogens with zero attached hydrogens (tertiary/aromatic N) is 2. The molecule has 2 aliphatic rings. The van der Waals surface area contributed by atoms with Gasteiger partial charge < -0.3 is 58.3 Å². The molecule has 56 heavy (non-hydrogen) atoms. The molecule has 2 radical (unpaired) electrons. The first kappa shape index (κ1) is 51.6. The van der Waals surface area contributed by atoms with Crippen LogP contribution in [0, 0.1) is 0 Å². The van der Waals surface area contributed by atoms with E-state index in [1.165, 1.54) is 35.7 Å². The summed E-state index contributed by atoms with van der Waals surface area (Å²) in [4.78, 5) is 31.0. The van der Waals surface area contributed by atoms with Gasteiger partial charge in [-0.2, -0.15) is 0 Å². The van der Waals surface area contributed by atoms with Crippen molar-refractivity contribution < 1.29 is 73.4 Å². The van der Waals surface area contributed by atoms with E-state index in [1.54, 1.807) is 52.3 Å². The second-order valence-electron chi connectivity index (χ2n) is 12.1. The molecule has 1 unspecified atom stereocenters. The summed E-state index contributed by atoms with van der Waals surface area (Å²) in [6, 6.07) is 9.75. The third-order valence-corrected chi connectivity index (χ3v) is 10.2. The molecule has 0 saturated heterocycles. The van der Waals surface area contributed by atoms with Gasteiger partial charge in [-0.05, 0) is 38.1 Å². The van der Waals surface area contributed by atoms with E-state index in [9.17, 15) is 30.0 Å². The Hall–Kier alpha value is -2.40. The van der Waals surface area contributed by atoms with Crippen LogP contribution in [0.25, 0.3) is 0 Å². The molecule has 2 heterocycles. The van der Waals surface area contributed by atoms with E-state index in [-0.39, 0.29) is 54.7 Å². The van der Waals surface area contributed by atoms with Crippen LogP contribution >= 0.6 is 23.5 Å². The zero-order chi connectivity index (χ0) is 39.4. The molecule has 310 valence electrons. The van der Waals surface area contributed by atoms with Crippen molar-refractivity contribution in [3.8, 4) is 23.0 Å². The van der Waals surface area contributed by atoms with Crippen molar-refractivity contribution in [1.29, 1.82) is 0 Å². The number of carboxylic acids is 2. The number of phenolic OH excluding ortho intramolecular Hbond substituents is 2. The van der Waals surface area contributed by atoms with E-state index in [0.717, 1.165) is 0 Å². The number of hydrogen-bond acceptors (Lipinski definition) is 16. The normalized spacial score (nSPS) is 18.4. The monoisotopic (exact) mass is 856 g/mol. The largest absolute Gasteiger partial charge is 0 e. The Labute approximate surface area is 364 Å².